The van der Waals surface area contributed by atoms with E-state index in [1.165, 1.54) is 6.21 Å². The summed E-state index contributed by atoms with van der Waals surface area (Å²) in [6.07, 6.45) is 1.51. The van der Waals surface area contributed by atoms with Gasteiger partial charge in [-0.1, -0.05) is 30.3 Å². The Morgan fingerprint density at radius 2 is 1.62 bits per heavy atom. The van der Waals surface area contributed by atoms with E-state index in [-0.39, 0.29) is 0 Å². The van der Waals surface area contributed by atoms with E-state index < -0.39 is 11.9 Å². The third-order valence-electron chi connectivity index (χ3n) is 3.11. The van der Waals surface area contributed by atoms with Gasteiger partial charge in [0, 0.05) is 25.3 Å². The maximum absolute atomic E-state index is 11.7. The molecule has 0 bridgehead atoms. The minimum atomic E-state index is -0.638. The summed E-state index contributed by atoms with van der Waals surface area (Å²) in [5.74, 6) is -0.408. The second-order valence-corrected chi connectivity index (χ2v) is 5.13. The van der Waals surface area contributed by atoms with Gasteiger partial charge < -0.3 is 4.90 Å². The normalized spacial score (nSPS) is 10.2. The van der Waals surface area contributed by atoms with Crippen LogP contribution in [0.3, 0.4) is 0 Å². The van der Waals surface area contributed by atoms with E-state index in [0.29, 0.717) is 5.56 Å². The van der Waals surface area contributed by atoms with E-state index in [4.69, 9.17) is 0 Å². The molecule has 2 rings (SSSR count). The molecular weight excluding hydrogens is 306 g/mol. The number of carbonyl (C=O) groups is 2. The number of rotatable bonds is 4. The van der Waals surface area contributed by atoms with E-state index in [1.807, 2.05) is 43.3 Å². The summed E-state index contributed by atoms with van der Waals surface area (Å²) in [5, 5.41) is 3.81. The van der Waals surface area contributed by atoms with Crippen molar-refractivity contribution in [1.82, 2.24) is 16.3 Å². The van der Waals surface area contributed by atoms with Gasteiger partial charge in [0.05, 0.1) is 6.21 Å². The molecule has 24 heavy (non-hydrogen) atoms. The van der Waals surface area contributed by atoms with E-state index in [1.54, 1.807) is 30.3 Å². The molecule has 0 aromatic heterocycles. The molecule has 0 aliphatic carbocycles. The number of anilines is 1. The van der Waals surface area contributed by atoms with Crippen LogP contribution in [0, 0.1) is 0 Å². The van der Waals surface area contributed by atoms with Crippen LogP contribution in [0.25, 0.3) is 0 Å². The number of nitrogens with zero attached hydrogens (tertiary/aromatic N) is 2. The van der Waals surface area contributed by atoms with Gasteiger partial charge in [-0.2, -0.15) is 5.10 Å². The van der Waals surface area contributed by atoms with Crippen molar-refractivity contribution < 1.29 is 9.59 Å². The van der Waals surface area contributed by atoms with Crippen molar-refractivity contribution in [3.05, 3.63) is 65.7 Å². The van der Waals surface area contributed by atoms with Crippen LogP contribution in [0.1, 0.15) is 15.9 Å². The number of nitrogens with one attached hydrogen (secondary N) is 3. The van der Waals surface area contributed by atoms with Crippen molar-refractivity contribution in [1.29, 1.82) is 0 Å². The van der Waals surface area contributed by atoms with Crippen molar-refractivity contribution in [2.24, 2.45) is 5.10 Å². The lowest BCUT2D eigenvalue weighted by atomic mass is 10.2. The maximum Gasteiger partial charge on any atom is 0.353 e. The van der Waals surface area contributed by atoms with Crippen LogP contribution in [0.5, 0.6) is 0 Å². The predicted molar refractivity (Wildman–Crippen MR) is 93.9 cm³/mol. The molecule has 0 radical (unpaired) electrons. The zero-order valence-electron chi connectivity index (χ0n) is 13.5. The van der Waals surface area contributed by atoms with Crippen molar-refractivity contribution in [2.45, 2.75) is 0 Å². The average Bonchev–Trinajstić information content (AvgIpc) is 2.61. The number of hydrogen-bond donors (Lipinski definition) is 3. The first-order valence-corrected chi connectivity index (χ1v) is 7.28. The highest BCUT2D eigenvalue weighted by molar-refractivity contribution is 5.95. The van der Waals surface area contributed by atoms with Crippen LogP contribution in [-0.4, -0.2) is 32.2 Å². The summed E-state index contributed by atoms with van der Waals surface area (Å²) in [5.41, 5.74) is 9.14. The van der Waals surface area contributed by atoms with Crippen molar-refractivity contribution >= 4 is 23.8 Å². The molecule has 0 spiro atoms. The maximum atomic E-state index is 11.7. The fourth-order valence-electron chi connectivity index (χ4n) is 1.83. The Hall–Kier alpha value is -3.35. The summed E-state index contributed by atoms with van der Waals surface area (Å²) in [6, 6.07) is 15.6. The summed E-state index contributed by atoms with van der Waals surface area (Å²) < 4.78 is 0. The molecule has 0 aliphatic heterocycles. The van der Waals surface area contributed by atoms with Gasteiger partial charge in [0.15, 0.2) is 0 Å². The molecule has 0 unspecified atom stereocenters. The summed E-state index contributed by atoms with van der Waals surface area (Å²) >= 11 is 0. The number of hydrogen-bond acceptors (Lipinski definition) is 4. The molecule has 0 heterocycles. The molecule has 2 aromatic rings. The van der Waals surface area contributed by atoms with Crippen LogP contribution in [-0.2, 0) is 0 Å². The van der Waals surface area contributed by atoms with Crippen molar-refractivity contribution in [3.63, 3.8) is 0 Å². The fraction of sp³-hybridized carbons (Fsp3) is 0.118. The van der Waals surface area contributed by atoms with Crippen molar-refractivity contribution in [2.75, 3.05) is 19.0 Å². The Morgan fingerprint density at radius 1 is 0.958 bits per heavy atom. The summed E-state index contributed by atoms with van der Waals surface area (Å²) in [4.78, 5) is 25.3. The highest BCUT2D eigenvalue weighted by atomic mass is 16.2. The molecule has 0 saturated carbocycles. The number of benzene rings is 2. The van der Waals surface area contributed by atoms with E-state index >= 15 is 0 Å². The topological polar surface area (TPSA) is 85.8 Å². The molecule has 0 atom stereocenters. The summed E-state index contributed by atoms with van der Waals surface area (Å²) in [6.45, 7) is 0. The Kier molecular flexibility index (Phi) is 5.90. The molecule has 0 fully saturated rings. The molecule has 0 saturated heterocycles. The lowest BCUT2D eigenvalue weighted by molar-refractivity contribution is 0.0936. The Balaban J connectivity index is 1.77. The molecule has 2 aromatic carbocycles. The highest BCUT2D eigenvalue weighted by Crippen LogP contribution is 2.10. The molecule has 0 aliphatic rings. The zero-order chi connectivity index (χ0) is 17.4. The summed E-state index contributed by atoms with van der Waals surface area (Å²) in [7, 11) is 3.91. The van der Waals surface area contributed by atoms with Gasteiger partial charge in [-0.15, -0.1) is 0 Å². The van der Waals surface area contributed by atoms with E-state index in [0.717, 1.165) is 11.3 Å². The smallest absolute Gasteiger partial charge is 0.353 e. The number of carbonyl (C=O) groups excluding carboxylic acids is 2. The van der Waals surface area contributed by atoms with Gasteiger partial charge in [0.25, 0.3) is 5.91 Å². The highest BCUT2D eigenvalue weighted by Gasteiger charge is 2.05. The van der Waals surface area contributed by atoms with E-state index in [9.17, 15) is 9.59 Å². The Morgan fingerprint density at radius 3 is 2.25 bits per heavy atom. The SMILES string of the molecule is CN(C)c1ccc(/C=N/NC(=O)NNC(=O)c2ccccc2)cc1. The molecule has 3 amide bonds. The van der Waals surface area contributed by atoms with Crippen LogP contribution < -0.4 is 21.2 Å². The van der Waals surface area contributed by atoms with E-state index in [2.05, 4.69) is 21.4 Å². The molecule has 3 N–H and O–H groups in total. The van der Waals surface area contributed by atoms with Gasteiger partial charge in [-0.05, 0) is 29.8 Å². The lowest BCUT2D eigenvalue weighted by Gasteiger charge is -2.11. The number of amides is 3. The predicted octanol–water partition coefficient (Wildman–Crippen LogP) is 1.73. The average molecular weight is 325 g/mol. The minimum absolute atomic E-state index is 0.408. The monoisotopic (exact) mass is 325 g/mol. The number of hydrazone groups is 1. The Labute approximate surface area is 140 Å². The van der Waals surface area contributed by atoms with Crippen LogP contribution in [0.2, 0.25) is 0 Å². The van der Waals surface area contributed by atoms with Gasteiger partial charge in [0.1, 0.15) is 0 Å². The fourth-order valence-corrected chi connectivity index (χ4v) is 1.83. The third kappa shape index (κ3) is 5.13. The minimum Gasteiger partial charge on any atom is -0.378 e. The first-order valence-electron chi connectivity index (χ1n) is 7.28. The molecule has 7 nitrogen and oxygen atoms in total. The van der Waals surface area contributed by atoms with Crippen LogP contribution in [0.4, 0.5) is 10.5 Å². The van der Waals surface area contributed by atoms with Gasteiger partial charge in [-0.25, -0.2) is 15.6 Å². The zero-order valence-corrected chi connectivity index (χ0v) is 13.5. The molecule has 124 valence electrons. The second-order valence-electron chi connectivity index (χ2n) is 5.13. The van der Waals surface area contributed by atoms with Gasteiger partial charge in [-0.3, -0.25) is 10.2 Å². The standard InChI is InChI=1S/C17H19N5O2/c1-22(2)15-10-8-13(9-11-15)12-18-20-17(24)21-19-16(23)14-6-4-3-5-7-14/h3-12H,1-2H3,(H,19,23)(H2,20,21,24)/b18-12+. The lowest BCUT2D eigenvalue weighted by Crippen LogP contribution is -2.45. The van der Waals surface area contributed by atoms with Gasteiger partial charge >= 0.3 is 6.03 Å². The van der Waals surface area contributed by atoms with Gasteiger partial charge in [0.2, 0.25) is 0 Å². The first kappa shape index (κ1) is 17.0. The number of hydrazine groups is 1. The second kappa shape index (κ2) is 8.33. The van der Waals surface area contributed by atoms with Crippen LogP contribution >= 0.6 is 0 Å². The molecule has 7 heteroatoms. The van der Waals surface area contributed by atoms with Crippen molar-refractivity contribution in [3.8, 4) is 0 Å². The van der Waals surface area contributed by atoms with Crippen LogP contribution in [0.15, 0.2) is 59.7 Å². The first-order chi connectivity index (χ1) is 11.6. The molecular formula is C17H19N5O2. The largest absolute Gasteiger partial charge is 0.378 e. The Bertz CT molecular complexity index is 712. The number of urea groups is 1. The quantitative estimate of drug-likeness (QED) is 0.591. The third-order valence-corrected chi connectivity index (χ3v) is 3.11.